The molecule has 1 N–H and O–H groups in total. The van der Waals surface area contributed by atoms with Gasteiger partial charge in [-0.3, -0.25) is 14.7 Å². The van der Waals surface area contributed by atoms with Crippen molar-refractivity contribution in [3.05, 3.63) is 77.5 Å². The van der Waals surface area contributed by atoms with Crippen molar-refractivity contribution < 1.29 is 9.18 Å². The molecule has 6 heteroatoms. The van der Waals surface area contributed by atoms with Gasteiger partial charge in [0.25, 0.3) is 5.91 Å². The molecule has 5 rings (SSSR count). The van der Waals surface area contributed by atoms with Gasteiger partial charge in [-0.2, -0.15) is 0 Å². The van der Waals surface area contributed by atoms with Crippen LogP contribution in [0.4, 0.5) is 4.39 Å². The van der Waals surface area contributed by atoms with Gasteiger partial charge in [-0.05, 0) is 54.7 Å². The average Bonchev–Trinajstić information content (AvgIpc) is 2.86. The maximum atomic E-state index is 14.7. The zero-order chi connectivity index (χ0) is 22.6. The van der Waals surface area contributed by atoms with Gasteiger partial charge in [-0.15, -0.1) is 0 Å². The van der Waals surface area contributed by atoms with E-state index < -0.39 is 5.82 Å². The van der Waals surface area contributed by atoms with Crippen LogP contribution in [0.1, 0.15) is 60.3 Å². The number of hydrogen-bond acceptors (Lipinski definition) is 4. The lowest BCUT2D eigenvalue weighted by molar-refractivity contribution is 0.0923. The van der Waals surface area contributed by atoms with E-state index in [-0.39, 0.29) is 17.5 Å². The Morgan fingerprint density at radius 3 is 2.76 bits per heavy atom. The number of pyridine rings is 2. The van der Waals surface area contributed by atoms with Gasteiger partial charge in [0.1, 0.15) is 17.0 Å². The first-order valence-corrected chi connectivity index (χ1v) is 11.9. The summed E-state index contributed by atoms with van der Waals surface area (Å²) in [5.74, 6) is -0.596. The van der Waals surface area contributed by atoms with Gasteiger partial charge < -0.3 is 5.32 Å². The lowest BCUT2D eigenvalue weighted by Crippen LogP contribution is -2.36. The molecule has 5 nitrogen and oxygen atoms in total. The molecule has 1 fully saturated rings. The third-order valence-corrected chi connectivity index (χ3v) is 6.73. The number of carbonyl (C=O) groups is 1. The highest BCUT2D eigenvalue weighted by molar-refractivity contribution is 5.96. The molecule has 3 aromatic rings. The van der Waals surface area contributed by atoms with Crippen LogP contribution in [-0.4, -0.2) is 39.9 Å². The number of para-hydroxylation sites is 1. The Morgan fingerprint density at radius 1 is 1.12 bits per heavy atom. The molecule has 33 heavy (non-hydrogen) atoms. The van der Waals surface area contributed by atoms with Gasteiger partial charge in [0.15, 0.2) is 0 Å². The quantitative estimate of drug-likeness (QED) is 0.593. The molecule has 1 aliphatic heterocycles. The summed E-state index contributed by atoms with van der Waals surface area (Å²) < 4.78 is 14.7. The van der Waals surface area contributed by atoms with Gasteiger partial charge in [0, 0.05) is 37.3 Å². The smallest absolute Gasteiger partial charge is 0.270 e. The van der Waals surface area contributed by atoms with Crippen molar-refractivity contribution >= 4 is 22.4 Å². The van der Waals surface area contributed by atoms with Crippen molar-refractivity contribution in [3.8, 4) is 0 Å². The third-order valence-electron chi connectivity index (χ3n) is 6.73. The summed E-state index contributed by atoms with van der Waals surface area (Å²) in [4.78, 5) is 24.2. The van der Waals surface area contributed by atoms with E-state index in [0.717, 1.165) is 61.8 Å². The lowest BCUT2D eigenvalue weighted by Gasteiger charge is -2.27. The van der Waals surface area contributed by atoms with Crippen LogP contribution in [0.25, 0.3) is 16.5 Å². The molecular weight excluding hydrogens is 415 g/mol. The van der Waals surface area contributed by atoms with Crippen LogP contribution in [-0.2, 0) is 6.54 Å². The molecule has 1 aromatic carbocycles. The number of amides is 1. The number of aromatic nitrogens is 2. The SMILES string of the molecule is O=C(NC1CCCCC1)c1cc(CN2CC=C(c3ccccn3)CC2)c2cccc(F)c2n1. The number of nitrogens with zero attached hydrogens (tertiary/aromatic N) is 3. The second kappa shape index (κ2) is 9.79. The predicted octanol–water partition coefficient (Wildman–Crippen LogP) is 5.12. The molecule has 2 aliphatic rings. The van der Waals surface area contributed by atoms with E-state index >= 15 is 0 Å². The molecule has 1 aliphatic carbocycles. The van der Waals surface area contributed by atoms with Crippen LogP contribution < -0.4 is 5.32 Å². The minimum atomic E-state index is -0.392. The Bertz CT molecular complexity index is 1170. The number of nitrogens with one attached hydrogen (secondary N) is 1. The Hall–Kier alpha value is -3.12. The predicted molar refractivity (Wildman–Crippen MR) is 128 cm³/mol. The van der Waals surface area contributed by atoms with E-state index in [4.69, 9.17) is 0 Å². The largest absolute Gasteiger partial charge is 0.348 e. The summed E-state index contributed by atoms with van der Waals surface area (Å²) in [5.41, 5.74) is 3.78. The maximum absolute atomic E-state index is 14.7. The Balaban J connectivity index is 1.38. The van der Waals surface area contributed by atoms with Gasteiger partial charge in [0.2, 0.25) is 0 Å². The molecule has 3 heterocycles. The fraction of sp³-hybridized carbons (Fsp3) is 0.370. The molecule has 1 amide bonds. The molecule has 1 saturated carbocycles. The summed E-state index contributed by atoms with van der Waals surface area (Å²) in [5, 5.41) is 3.89. The average molecular weight is 445 g/mol. The Kier molecular flexibility index (Phi) is 6.44. The fourth-order valence-corrected chi connectivity index (χ4v) is 4.92. The minimum absolute atomic E-state index is 0.185. The second-order valence-corrected chi connectivity index (χ2v) is 9.04. The zero-order valence-corrected chi connectivity index (χ0v) is 18.8. The van der Waals surface area contributed by atoms with Crippen LogP contribution >= 0.6 is 0 Å². The van der Waals surface area contributed by atoms with E-state index in [0.29, 0.717) is 12.2 Å². The molecule has 0 saturated heterocycles. The molecule has 0 bridgehead atoms. The number of rotatable bonds is 5. The van der Waals surface area contributed by atoms with Crippen LogP contribution in [0.5, 0.6) is 0 Å². The van der Waals surface area contributed by atoms with E-state index in [9.17, 15) is 9.18 Å². The number of benzene rings is 1. The first-order chi connectivity index (χ1) is 16.2. The van der Waals surface area contributed by atoms with Crippen LogP contribution in [0.2, 0.25) is 0 Å². The minimum Gasteiger partial charge on any atom is -0.348 e. The zero-order valence-electron chi connectivity index (χ0n) is 18.8. The molecule has 0 atom stereocenters. The topological polar surface area (TPSA) is 58.1 Å². The van der Waals surface area contributed by atoms with Gasteiger partial charge in [0.05, 0.1) is 5.69 Å². The maximum Gasteiger partial charge on any atom is 0.270 e. The molecule has 170 valence electrons. The molecule has 0 radical (unpaired) electrons. The summed E-state index contributed by atoms with van der Waals surface area (Å²) in [7, 11) is 0. The van der Waals surface area contributed by atoms with Crippen molar-refractivity contribution in [3.63, 3.8) is 0 Å². The first kappa shape index (κ1) is 21.7. The summed E-state index contributed by atoms with van der Waals surface area (Å²) in [6.45, 7) is 2.30. The highest BCUT2D eigenvalue weighted by Gasteiger charge is 2.21. The van der Waals surface area contributed by atoms with Gasteiger partial charge >= 0.3 is 0 Å². The van der Waals surface area contributed by atoms with E-state index in [1.165, 1.54) is 18.1 Å². The normalized spacial score (nSPS) is 17.7. The molecular formula is C27H29FN4O. The Labute approximate surface area is 193 Å². The van der Waals surface area contributed by atoms with Crippen LogP contribution in [0.15, 0.2) is 54.7 Å². The first-order valence-electron chi connectivity index (χ1n) is 11.9. The second-order valence-electron chi connectivity index (χ2n) is 9.04. The summed E-state index contributed by atoms with van der Waals surface area (Å²) >= 11 is 0. The van der Waals surface area contributed by atoms with Crippen LogP contribution in [0, 0.1) is 5.82 Å². The standard InChI is InChI=1S/C27H29FN4O/c28-23-10-6-9-22-20(18-32-15-12-19(13-16-32)24-11-4-5-14-29-24)17-25(31-26(22)23)27(33)30-21-7-2-1-3-8-21/h4-6,9-12,14,17,21H,1-3,7-8,13,15-16,18H2,(H,30,33). The highest BCUT2D eigenvalue weighted by atomic mass is 19.1. The van der Waals surface area contributed by atoms with Crippen molar-refractivity contribution in [2.45, 2.75) is 51.1 Å². The number of halogens is 1. The number of hydrogen-bond donors (Lipinski definition) is 1. The van der Waals surface area contributed by atoms with E-state index in [1.807, 2.05) is 36.5 Å². The van der Waals surface area contributed by atoms with Crippen molar-refractivity contribution in [2.24, 2.45) is 0 Å². The van der Waals surface area contributed by atoms with E-state index in [2.05, 4.69) is 26.3 Å². The fourth-order valence-electron chi connectivity index (χ4n) is 4.92. The Morgan fingerprint density at radius 2 is 2.00 bits per heavy atom. The van der Waals surface area contributed by atoms with Crippen molar-refractivity contribution in [2.75, 3.05) is 13.1 Å². The van der Waals surface area contributed by atoms with Gasteiger partial charge in [-0.25, -0.2) is 9.37 Å². The highest BCUT2D eigenvalue weighted by Crippen LogP contribution is 2.26. The third kappa shape index (κ3) is 4.96. The number of carbonyl (C=O) groups excluding carboxylic acids is 1. The number of fused-ring (bicyclic) bond motifs is 1. The van der Waals surface area contributed by atoms with Crippen molar-refractivity contribution in [1.29, 1.82) is 0 Å². The lowest BCUT2D eigenvalue weighted by atomic mass is 9.95. The van der Waals surface area contributed by atoms with Gasteiger partial charge in [-0.1, -0.05) is 43.5 Å². The van der Waals surface area contributed by atoms with Crippen LogP contribution in [0.3, 0.4) is 0 Å². The summed E-state index contributed by atoms with van der Waals surface area (Å²) in [6, 6.07) is 13.0. The van der Waals surface area contributed by atoms with E-state index in [1.54, 1.807) is 6.07 Å². The molecule has 0 spiro atoms. The van der Waals surface area contributed by atoms with Crippen molar-refractivity contribution in [1.82, 2.24) is 20.2 Å². The summed E-state index contributed by atoms with van der Waals surface area (Å²) in [6.07, 6.45) is 10.4. The molecule has 0 unspecified atom stereocenters. The molecule has 2 aromatic heterocycles. The monoisotopic (exact) mass is 444 g/mol.